The van der Waals surface area contributed by atoms with E-state index in [0.717, 1.165) is 11.1 Å². The lowest BCUT2D eigenvalue weighted by atomic mass is 10.0. The number of ether oxygens (including phenoxy) is 2. The van der Waals surface area contributed by atoms with Crippen molar-refractivity contribution in [1.82, 2.24) is 10.6 Å². The maximum Gasteiger partial charge on any atom is 0.328 e. The highest BCUT2D eigenvalue weighted by Crippen LogP contribution is 2.17. The van der Waals surface area contributed by atoms with Crippen molar-refractivity contribution in [1.29, 1.82) is 0 Å². The highest BCUT2D eigenvalue weighted by Gasteiger charge is 2.28. The third-order valence-electron chi connectivity index (χ3n) is 5.46. The molecule has 2 amide bonds. The average Bonchev–Trinajstić information content (AvgIpc) is 2.88. The van der Waals surface area contributed by atoms with Gasteiger partial charge in [0.25, 0.3) is 0 Å². The molecule has 0 bridgehead atoms. The summed E-state index contributed by atoms with van der Waals surface area (Å²) in [7, 11) is 1.23. The molecule has 8 heteroatoms. The Morgan fingerprint density at radius 1 is 0.833 bits per heavy atom. The van der Waals surface area contributed by atoms with Crippen LogP contribution in [-0.4, -0.2) is 37.0 Å². The van der Waals surface area contributed by atoms with Gasteiger partial charge in [0, 0.05) is 19.8 Å². The van der Waals surface area contributed by atoms with Gasteiger partial charge in [-0.15, -0.1) is 0 Å². The molecule has 3 rings (SSSR count). The summed E-state index contributed by atoms with van der Waals surface area (Å²) in [4.78, 5) is 37.3. The second-order valence-corrected chi connectivity index (χ2v) is 8.26. The van der Waals surface area contributed by atoms with Crippen molar-refractivity contribution in [2.75, 3.05) is 7.11 Å². The number of nitrogens with one attached hydrogen (secondary N) is 2. The molecule has 0 saturated heterocycles. The molecule has 0 unspecified atom stereocenters. The van der Waals surface area contributed by atoms with Crippen LogP contribution in [0, 0.1) is 5.82 Å². The number of rotatable bonds is 11. The number of amides is 2. The number of esters is 1. The number of carbonyl (C=O) groups is 3. The van der Waals surface area contributed by atoms with E-state index in [2.05, 4.69) is 10.6 Å². The van der Waals surface area contributed by atoms with Crippen molar-refractivity contribution >= 4 is 17.8 Å². The maximum absolute atomic E-state index is 14.2. The summed E-state index contributed by atoms with van der Waals surface area (Å²) >= 11 is 0. The minimum atomic E-state index is -1.08. The first-order valence-corrected chi connectivity index (χ1v) is 11.5. The van der Waals surface area contributed by atoms with Crippen LogP contribution in [0.3, 0.4) is 0 Å². The smallest absolute Gasteiger partial charge is 0.328 e. The topological polar surface area (TPSA) is 93.7 Å². The lowest BCUT2D eigenvalue weighted by Crippen LogP contribution is -2.53. The summed E-state index contributed by atoms with van der Waals surface area (Å²) in [5.41, 5.74) is 2.02. The molecule has 0 radical (unpaired) electrons. The van der Waals surface area contributed by atoms with Crippen molar-refractivity contribution in [3.05, 3.63) is 101 Å². The van der Waals surface area contributed by atoms with Gasteiger partial charge in [0.2, 0.25) is 11.8 Å². The lowest BCUT2D eigenvalue weighted by molar-refractivity contribution is -0.145. The molecule has 0 aliphatic rings. The molecule has 0 aromatic heterocycles. The minimum Gasteiger partial charge on any atom is -0.489 e. The Kier molecular flexibility index (Phi) is 9.56. The van der Waals surface area contributed by atoms with Crippen LogP contribution in [0.2, 0.25) is 0 Å². The highest BCUT2D eigenvalue weighted by molar-refractivity contribution is 5.90. The Labute approximate surface area is 209 Å². The van der Waals surface area contributed by atoms with Crippen molar-refractivity contribution in [2.45, 2.75) is 38.5 Å². The van der Waals surface area contributed by atoms with Crippen molar-refractivity contribution in [3.8, 4) is 5.75 Å². The molecule has 0 saturated carbocycles. The van der Waals surface area contributed by atoms with E-state index >= 15 is 0 Å². The van der Waals surface area contributed by atoms with E-state index in [9.17, 15) is 18.8 Å². The number of carbonyl (C=O) groups excluding carboxylic acids is 3. The zero-order valence-electron chi connectivity index (χ0n) is 20.2. The molecular weight excluding hydrogens is 463 g/mol. The Hall–Kier alpha value is -4.20. The van der Waals surface area contributed by atoms with Gasteiger partial charge in [-0.3, -0.25) is 9.59 Å². The van der Waals surface area contributed by atoms with E-state index in [1.165, 1.54) is 32.2 Å². The van der Waals surface area contributed by atoms with E-state index in [1.54, 1.807) is 24.3 Å². The molecule has 0 fully saturated rings. The molecule has 2 N–H and O–H groups in total. The minimum absolute atomic E-state index is 0.0746. The number of benzene rings is 3. The van der Waals surface area contributed by atoms with Crippen LogP contribution in [-0.2, 0) is 38.6 Å². The van der Waals surface area contributed by atoms with Crippen LogP contribution < -0.4 is 15.4 Å². The first kappa shape index (κ1) is 26.4. The average molecular weight is 493 g/mol. The van der Waals surface area contributed by atoms with E-state index in [1.807, 2.05) is 36.4 Å². The van der Waals surface area contributed by atoms with Gasteiger partial charge in [0.05, 0.1) is 7.11 Å². The van der Waals surface area contributed by atoms with E-state index in [4.69, 9.17) is 9.47 Å². The van der Waals surface area contributed by atoms with Crippen molar-refractivity contribution in [3.63, 3.8) is 0 Å². The Morgan fingerprint density at radius 2 is 1.53 bits per heavy atom. The van der Waals surface area contributed by atoms with Crippen LogP contribution in [0.1, 0.15) is 23.6 Å². The molecule has 7 nitrogen and oxygen atoms in total. The molecule has 0 heterocycles. The Bertz CT molecular complexity index is 1190. The molecular formula is C28H29FN2O5. The maximum atomic E-state index is 14.2. The normalized spacial score (nSPS) is 12.2. The second kappa shape index (κ2) is 13.0. The van der Waals surface area contributed by atoms with Crippen LogP contribution >= 0.6 is 0 Å². The molecule has 36 heavy (non-hydrogen) atoms. The Morgan fingerprint density at radius 3 is 2.22 bits per heavy atom. The van der Waals surface area contributed by atoms with Gasteiger partial charge < -0.3 is 20.1 Å². The summed E-state index contributed by atoms with van der Waals surface area (Å²) in [5.74, 6) is -1.60. The van der Waals surface area contributed by atoms with Crippen LogP contribution in [0.25, 0.3) is 0 Å². The summed E-state index contributed by atoms with van der Waals surface area (Å²) in [6.07, 6.45) is 0.0578. The second-order valence-electron chi connectivity index (χ2n) is 8.26. The van der Waals surface area contributed by atoms with Gasteiger partial charge in [-0.1, -0.05) is 60.7 Å². The largest absolute Gasteiger partial charge is 0.489 e. The molecule has 2 atom stereocenters. The van der Waals surface area contributed by atoms with Crippen LogP contribution in [0.15, 0.2) is 78.9 Å². The van der Waals surface area contributed by atoms with Gasteiger partial charge in [-0.05, 0) is 34.9 Å². The zero-order chi connectivity index (χ0) is 25.9. The number of methoxy groups -OCH3 is 1. The van der Waals surface area contributed by atoms with Gasteiger partial charge in [-0.25, -0.2) is 9.18 Å². The molecule has 188 valence electrons. The first-order chi connectivity index (χ1) is 17.4. The fourth-order valence-electron chi connectivity index (χ4n) is 3.69. The number of halogens is 1. The van der Waals surface area contributed by atoms with E-state index < -0.39 is 35.7 Å². The standard InChI is InChI=1S/C28H29FN2O5/c1-19(32)30-25(17-22-12-6-7-14-24(22)29)27(33)31-26(28(34)35-2)16-21-11-8-13-23(15-21)36-18-20-9-4-3-5-10-20/h3-15,25-26H,16-18H2,1-2H3,(H,30,32)(H,31,33)/t25-,26-/m0/s1. The van der Waals surface area contributed by atoms with Crippen LogP contribution in [0.4, 0.5) is 4.39 Å². The fourth-order valence-corrected chi connectivity index (χ4v) is 3.69. The van der Waals surface area contributed by atoms with E-state index in [0.29, 0.717) is 12.4 Å². The SMILES string of the molecule is COC(=O)[C@H](Cc1cccc(OCc2ccccc2)c1)NC(=O)[C@H](Cc1ccccc1F)NC(C)=O. The summed E-state index contributed by atoms with van der Waals surface area (Å²) in [5, 5.41) is 5.18. The molecule has 0 aliphatic heterocycles. The van der Waals surface area contributed by atoms with Gasteiger partial charge in [0.15, 0.2) is 0 Å². The third kappa shape index (κ3) is 7.94. The first-order valence-electron chi connectivity index (χ1n) is 11.5. The molecule has 3 aromatic carbocycles. The van der Waals surface area contributed by atoms with Crippen molar-refractivity contribution in [2.24, 2.45) is 0 Å². The zero-order valence-corrected chi connectivity index (χ0v) is 20.2. The van der Waals surface area contributed by atoms with Gasteiger partial charge in [-0.2, -0.15) is 0 Å². The molecule has 3 aromatic rings. The quantitative estimate of drug-likeness (QED) is 0.401. The molecule has 0 spiro atoms. The van der Waals surface area contributed by atoms with E-state index in [-0.39, 0.29) is 18.4 Å². The monoisotopic (exact) mass is 492 g/mol. The predicted molar refractivity (Wildman–Crippen MR) is 133 cm³/mol. The third-order valence-corrected chi connectivity index (χ3v) is 5.46. The predicted octanol–water partition coefficient (Wildman–Crippen LogP) is 3.35. The summed E-state index contributed by atoms with van der Waals surface area (Å²) < 4.78 is 24.9. The fraction of sp³-hybridized carbons (Fsp3) is 0.250. The van der Waals surface area contributed by atoms with Crippen LogP contribution in [0.5, 0.6) is 5.75 Å². The van der Waals surface area contributed by atoms with Crippen molar-refractivity contribution < 1.29 is 28.2 Å². The van der Waals surface area contributed by atoms with Gasteiger partial charge >= 0.3 is 5.97 Å². The summed E-state index contributed by atoms with van der Waals surface area (Å²) in [6, 6.07) is 20.8. The lowest BCUT2D eigenvalue weighted by Gasteiger charge is -2.22. The number of hydrogen-bond donors (Lipinski definition) is 2. The summed E-state index contributed by atoms with van der Waals surface area (Å²) in [6.45, 7) is 1.65. The highest BCUT2D eigenvalue weighted by atomic mass is 19.1. The number of hydrogen-bond acceptors (Lipinski definition) is 5. The van der Waals surface area contributed by atoms with Gasteiger partial charge in [0.1, 0.15) is 30.3 Å². The Balaban J connectivity index is 1.71. The molecule has 0 aliphatic carbocycles.